The molecule has 2 aromatic rings. The van der Waals surface area contributed by atoms with E-state index >= 15 is 0 Å². The zero-order valence-corrected chi connectivity index (χ0v) is 13.7. The van der Waals surface area contributed by atoms with Crippen LogP contribution in [0.25, 0.3) is 11.0 Å². The van der Waals surface area contributed by atoms with E-state index in [0.717, 1.165) is 61.6 Å². The first kappa shape index (κ1) is 14.9. The number of aryl methyl sites for hydroxylation is 1. The summed E-state index contributed by atoms with van der Waals surface area (Å²) < 4.78 is 5.85. The van der Waals surface area contributed by atoms with Gasteiger partial charge in [-0.05, 0) is 32.8 Å². The van der Waals surface area contributed by atoms with Crippen LogP contribution in [-0.2, 0) is 4.74 Å². The second-order valence-corrected chi connectivity index (χ2v) is 6.75. The largest absolute Gasteiger partial charge is 0.392 e. The van der Waals surface area contributed by atoms with Gasteiger partial charge in [0, 0.05) is 37.7 Å². The zero-order valence-electron chi connectivity index (χ0n) is 13.7. The van der Waals surface area contributed by atoms with Crippen LogP contribution >= 0.6 is 0 Å². The van der Waals surface area contributed by atoms with Crippen LogP contribution in [0, 0.1) is 12.3 Å². The summed E-state index contributed by atoms with van der Waals surface area (Å²) in [5.41, 5.74) is 0.843. The van der Waals surface area contributed by atoms with Crippen LogP contribution in [0.4, 0.5) is 5.82 Å². The molecule has 2 atom stereocenters. The number of anilines is 1. The second-order valence-electron chi connectivity index (χ2n) is 6.75. The molecule has 0 aromatic carbocycles. The van der Waals surface area contributed by atoms with Crippen molar-refractivity contribution in [1.82, 2.24) is 15.0 Å². The number of fused-ring (bicyclic) bond motifs is 1. The standard InChI is InChI=1S/C17H24N4O2/c1-3-23-14-10-13(22)17(14)5-8-21(9-6-17)16-12-4-7-18-15(12)19-11(2)20-16/h4,7,13-14,22H,3,5-6,8-10H2,1-2H3,(H,18,19,20)/t13-,14+/m1/s1. The number of H-pyrrole nitrogens is 1. The molecule has 1 spiro atoms. The summed E-state index contributed by atoms with van der Waals surface area (Å²) in [6.07, 6.45) is 4.59. The van der Waals surface area contributed by atoms with Gasteiger partial charge in [0.25, 0.3) is 0 Å². The Morgan fingerprint density at radius 1 is 1.39 bits per heavy atom. The van der Waals surface area contributed by atoms with Crippen molar-refractivity contribution in [2.45, 2.75) is 45.3 Å². The van der Waals surface area contributed by atoms with Crippen molar-refractivity contribution in [3.63, 3.8) is 0 Å². The Balaban J connectivity index is 1.56. The molecule has 0 unspecified atom stereocenters. The topological polar surface area (TPSA) is 74.3 Å². The van der Waals surface area contributed by atoms with Gasteiger partial charge in [-0.2, -0.15) is 0 Å². The fourth-order valence-electron chi connectivity index (χ4n) is 4.23. The molecule has 6 heteroatoms. The molecule has 2 fully saturated rings. The molecule has 2 N–H and O–H groups in total. The second kappa shape index (κ2) is 5.46. The monoisotopic (exact) mass is 316 g/mol. The maximum atomic E-state index is 10.3. The average Bonchev–Trinajstić information content (AvgIpc) is 3.02. The van der Waals surface area contributed by atoms with Crippen molar-refractivity contribution in [3.8, 4) is 0 Å². The summed E-state index contributed by atoms with van der Waals surface area (Å²) in [5, 5.41) is 11.4. The van der Waals surface area contributed by atoms with E-state index in [4.69, 9.17) is 4.74 Å². The summed E-state index contributed by atoms with van der Waals surface area (Å²) in [4.78, 5) is 14.6. The quantitative estimate of drug-likeness (QED) is 0.906. The van der Waals surface area contributed by atoms with Gasteiger partial charge in [-0.25, -0.2) is 9.97 Å². The van der Waals surface area contributed by atoms with Crippen molar-refractivity contribution in [1.29, 1.82) is 0 Å². The van der Waals surface area contributed by atoms with Gasteiger partial charge in [-0.1, -0.05) is 0 Å². The number of hydrogen-bond acceptors (Lipinski definition) is 5. The smallest absolute Gasteiger partial charge is 0.143 e. The van der Waals surface area contributed by atoms with E-state index in [-0.39, 0.29) is 17.6 Å². The molecule has 4 rings (SSSR count). The van der Waals surface area contributed by atoms with Crippen LogP contribution < -0.4 is 4.90 Å². The van der Waals surface area contributed by atoms with E-state index in [1.165, 1.54) is 0 Å². The molecule has 2 aliphatic rings. The summed E-state index contributed by atoms with van der Waals surface area (Å²) >= 11 is 0. The van der Waals surface area contributed by atoms with Crippen molar-refractivity contribution in [2.24, 2.45) is 5.41 Å². The number of aliphatic hydroxyl groups excluding tert-OH is 1. The molecule has 1 aliphatic heterocycles. The van der Waals surface area contributed by atoms with Crippen molar-refractivity contribution >= 4 is 16.9 Å². The number of ether oxygens (including phenoxy) is 1. The minimum Gasteiger partial charge on any atom is -0.392 e. The van der Waals surface area contributed by atoms with Crippen LogP contribution in [0.2, 0.25) is 0 Å². The van der Waals surface area contributed by atoms with Gasteiger partial charge in [0.2, 0.25) is 0 Å². The fourth-order valence-corrected chi connectivity index (χ4v) is 4.23. The Morgan fingerprint density at radius 3 is 2.87 bits per heavy atom. The van der Waals surface area contributed by atoms with E-state index in [1.54, 1.807) is 0 Å². The Labute approximate surface area is 135 Å². The summed E-state index contributed by atoms with van der Waals surface area (Å²) in [6.45, 7) is 6.47. The highest BCUT2D eigenvalue weighted by molar-refractivity contribution is 5.87. The number of aliphatic hydroxyl groups is 1. The summed E-state index contributed by atoms with van der Waals surface area (Å²) in [5.74, 6) is 1.79. The lowest BCUT2D eigenvalue weighted by Crippen LogP contribution is -2.62. The van der Waals surface area contributed by atoms with Gasteiger partial charge in [-0.15, -0.1) is 0 Å². The number of hydrogen-bond donors (Lipinski definition) is 2. The molecule has 1 saturated carbocycles. The van der Waals surface area contributed by atoms with Crippen LogP contribution in [-0.4, -0.2) is 52.0 Å². The molecule has 23 heavy (non-hydrogen) atoms. The lowest BCUT2D eigenvalue weighted by atomic mass is 9.58. The third-order valence-electron chi connectivity index (χ3n) is 5.61. The lowest BCUT2D eigenvalue weighted by molar-refractivity contribution is -0.199. The first-order valence-corrected chi connectivity index (χ1v) is 8.50. The minimum absolute atomic E-state index is 0.0498. The van der Waals surface area contributed by atoms with Crippen molar-refractivity contribution in [2.75, 3.05) is 24.6 Å². The molecule has 6 nitrogen and oxygen atoms in total. The van der Waals surface area contributed by atoms with Crippen LogP contribution in [0.1, 0.15) is 32.0 Å². The Morgan fingerprint density at radius 2 is 2.17 bits per heavy atom. The van der Waals surface area contributed by atoms with Gasteiger partial charge in [0.05, 0.1) is 17.6 Å². The van der Waals surface area contributed by atoms with Crippen LogP contribution in [0.5, 0.6) is 0 Å². The lowest BCUT2D eigenvalue weighted by Gasteiger charge is -2.56. The van der Waals surface area contributed by atoms with Gasteiger partial charge in [0.15, 0.2) is 0 Å². The van der Waals surface area contributed by atoms with Crippen LogP contribution in [0.15, 0.2) is 12.3 Å². The van der Waals surface area contributed by atoms with Gasteiger partial charge >= 0.3 is 0 Å². The number of aromatic amines is 1. The molecular weight excluding hydrogens is 292 g/mol. The minimum atomic E-state index is -0.222. The highest BCUT2D eigenvalue weighted by atomic mass is 16.5. The molecule has 124 valence electrons. The third-order valence-corrected chi connectivity index (χ3v) is 5.61. The predicted octanol–water partition coefficient (Wildman–Crippen LogP) is 2.02. The number of nitrogens with one attached hydrogen (secondary N) is 1. The zero-order chi connectivity index (χ0) is 16.0. The fraction of sp³-hybridized carbons (Fsp3) is 0.647. The SMILES string of the molecule is CCO[C@H]1C[C@@H](O)C12CCN(c1nc(C)nc3[nH]ccc13)CC2. The molecular formula is C17H24N4O2. The number of nitrogens with zero attached hydrogens (tertiary/aromatic N) is 3. The molecule has 1 aliphatic carbocycles. The third kappa shape index (κ3) is 2.23. The molecule has 3 heterocycles. The van der Waals surface area contributed by atoms with Gasteiger partial charge in [-0.3, -0.25) is 0 Å². The van der Waals surface area contributed by atoms with Gasteiger partial charge in [0.1, 0.15) is 17.3 Å². The normalized spacial score (nSPS) is 26.7. The first-order valence-electron chi connectivity index (χ1n) is 8.50. The van der Waals surface area contributed by atoms with Crippen LogP contribution in [0.3, 0.4) is 0 Å². The van der Waals surface area contributed by atoms with E-state index in [9.17, 15) is 5.11 Å². The van der Waals surface area contributed by atoms with Crippen molar-refractivity contribution in [3.05, 3.63) is 18.1 Å². The molecule has 2 aromatic heterocycles. The number of aromatic nitrogens is 3. The molecule has 0 bridgehead atoms. The van der Waals surface area contributed by atoms with E-state index < -0.39 is 0 Å². The average molecular weight is 316 g/mol. The Hall–Kier alpha value is -1.66. The Kier molecular flexibility index (Phi) is 3.54. The van der Waals surface area contributed by atoms with Gasteiger partial charge < -0.3 is 19.7 Å². The van der Waals surface area contributed by atoms with E-state index in [0.29, 0.717) is 0 Å². The first-order chi connectivity index (χ1) is 11.1. The summed E-state index contributed by atoms with van der Waals surface area (Å²) in [6, 6.07) is 2.04. The number of rotatable bonds is 3. The van der Waals surface area contributed by atoms with E-state index in [1.807, 2.05) is 26.1 Å². The highest BCUT2D eigenvalue weighted by Gasteiger charge is 2.56. The Bertz CT molecular complexity index is 704. The van der Waals surface area contributed by atoms with Crippen molar-refractivity contribution < 1.29 is 9.84 Å². The molecule has 0 amide bonds. The number of piperidine rings is 1. The predicted molar refractivity (Wildman–Crippen MR) is 88.5 cm³/mol. The highest BCUT2D eigenvalue weighted by Crippen LogP contribution is 2.51. The van der Waals surface area contributed by atoms with E-state index in [2.05, 4.69) is 19.9 Å². The maximum absolute atomic E-state index is 10.3. The maximum Gasteiger partial charge on any atom is 0.143 e. The molecule has 0 radical (unpaired) electrons. The molecule has 1 saturated heterocycles. The summed E-state index contributed by atoms with van der Waals surface area (Å²) in [7, 11) is 0.